The van der Waals surface area contributed by atoms with Gasteiger partial charge in [-0.2, -0.15) is 0 Å². The molecule has 2 aromatic carbocycles. The molecule has 0 aliphatic rings. The van der Waals surface area contributed by atoms with Gasteiger partial charge in [0.2, 0.25) is 0 Å². The minimum Gasteiger partial charge on any atom is -0.478 e. The summed E-state index contributed by atoms with van der Waals surface area (Å²) in [4.78, 5) is 15.3. The normalized spacial score (nSPS) is 10.7. The average Bonchev–Trinajstić information content (AvgIpc) is 2.46. The van der Waals surface area contributed by atoms with Crippen molar-refractivity contribution in [3.8, 4) is 11.1 Å². The molecule has 0 saturated carbocycles. The van der Waals surface area contributed by atoms with E-state index in [0.29, 0.717) is 5.02 Å². The van der Waals surface area contributed by atoms with E-state index in [0.717, 1.165) is 21.9 Å². The van der Waals surface area contributed by atoms with Gasteiger partial charge in [-0.25, -0.2) is 4.79 Å². The van der Waals surface area contributed by atoms with E-state index >= 15 is 0 Å². The van der Waals surface area contributed by atoms with Gasteiger partial charge in [0, 0.05) is 22.8 Å². The van der Waals surface area contributed by atoms with E-state index in [2.05, 4.69) is 4.98 Å². The van der Waals surface area contributed by atoms with Crippen LogP contribution >= 0.6 is 11.6 Å². The minimum atomic E-state index is -0.993. The van der Waals surface area contributed by atoms with Crippen molar-refractivity contribution in [3.05, 3.63) is 65.4 Å². The highest BCUT2D eigenvalue weighted by atomic mass is 35.5. The second-order valence-electron chi connectivity index (χ2n) is 4.44. The molecule has 0 unspecified atom stereocenters. The van der Waals surface area contributed by atoms with Crippen LogP contribution in [0, 0.1) is 0 Å². The maximum Gasteiger partial charge on any atom is 0.335 e. The van der Waals surface area contributed by atoms with E-state index in [4.69, 9.17) is 16.7 Å². The zero-order valence-electron chi connectivity index (χ0n) is 10.4. The Labute approximate surface area is 120 Å². The SMILES string of the molecule is O=C(O)c1cc(Cl)cc(-c2cccc3ccncc23)c1. The number of hydrogen-bond acceptors (Lipinski definition) is 2. The molecule has 20 heavy (non-hydrogen) atoms. The van der Waals surface area contributed by atoms with Crippen LogP contribution in [0.25, 0.3) is 21.9 Å². The fourth-order valence-corrected chi connectivity index (χ4v) is 2.47. The molecular weight excluding hydrogens is 274 g/mol. The molecule has 0 spiro atoms. The number of rotatable bonds is 2. The van der Waals surface area contributed by atoms with Gasteiger partial charge in [-0.05, 0) is 40.8 Å². The number of carboxylic acid groups (broad SMARTS) is 1. The molecule has 0 saturated heterocycles. The van der Waals surface area contributed by atoms with Gasteiger partial charge in [-0.3, -0.25) is 4.98 Å². The number of aromatic carboxylic acids is 1. The number of halogens is 1. The van der Waals surface area contributed by atoms with Crippen molar-refractivity contribution in [2.75, 3.05) is 0 Å². The molecule has 3 rings (SSSR count). The summed E-state index contributed by atoms with van der Waals surface area (Å²) in [7, 11) is 0. The number of benzene rings is 2. The summed E-state index contributed by atoms with van der Waals surface area (Å²) in [5.41, 5.74) is 1.86. The average molecular weight is 284 g/mol. The van der Waals surface area contributed by atoms with Crippen molar-refractivity contribution in [3.63, 3.8) is 0 Å². The number of hydrogen-bond donors (Lipinski definition) is 1. The second-order valence-corrected chi connectivity index (χ2v) is 4.87. The third-order valence-corrected chi connectivity index (χ3v) is 3.36. The summed E-state index contributed by atoms with van der Waals surface area (Å²) in [6.07, 6.45) is 3.50. The van der Waals surface area contributed by atoms with Crippen LogP contribution in [0.15, 0.2) is 54.9 Å². The summed E-state index contributed by atoms with van der Waals surface area (Å²) in [5.74, 6) is -0.993. The quantitative estimate of drug-likeness (QED) is 0.765. The van der Waals surface area contributed by atoms with Gasteiger partial charge in [0.1, 0.15) is 0 Å². The number of carbonyl (C=O) groups is 1. The van der Waals surface area contributed by atoms with Crippen molar-refractivity contribution >= 4 is 28.3 Å². The van der Waals surface area contributed by atoms with Crippen LogP contribution in [0.3, 0.4) is 0 Å². The zero-order chi connectivity index (χ0) is 14.1. The first-order valence-electron chi connectivity index (χ1n) is 6.02. The molecule has 0 aliphatic carbocycles. The summed E-state index contributed by atoms with van der Waals surface area (Å²) >= 11 is 6.02. The first-order chi connectivity index (χ1) is 9.65. The number of pyridine rings is 1. The lowest BCUT2D eigenvalue weighted by Gasteiger charge is -2.08. The molecule has 0 amide bonds. The lowest BCUT2D eigenvalue weighted by Crippen LogP contribution is -1.96. The third kappa shape index (κ3) is 2.24. The van der Waals surface area contributed by atoms with Gasteiger partial charge in [0.25, 0.3) is 0 Å². The van der Waals surface area contributed by atoms with Gasteiger partial charge in [0.05, 0.1) is 5.56 Å². The Balaban J connectivity index is 2.28. The standard InChI is InChI=1S/C16H10ClNO2/c17-13-7-11(6-12(8-13)16(19)20)14-3-1-2-10-4-5-18-9-15(10)14/h1-9H,(H,19,20). The molecule has 1 heterocycles. The molecule has 0 atom stereocenters. The lowest BCUT2D eigenvalue weighted by atomic mass is 9.98. The molecule has 0 fully saturated rings. The van der Waals surface area contributed by atoms with E-state index in [1.807, 2.05) is 24.3 Å². The summed E-state index contributed by atoms with van der Waals surface area (Å²) < 4.78 is 0. The van der Waals surface area contributed by atoms with Gasteiger partial charge >= 0.3 is 5.97 Å². The highest BCUT2D eigenvalue weighted by Gasteiger charge is 2.09. The summed E-state index contributed by atoms with van der Waals surface area (Å²) in [5, 5.41) is 11.5. The number of fused-ring (bicyclic) bond motifs is 1. The fraction of sp³-hybridized carbons (Fsp3) is 0. The highest BCUT2D eigenvalue weighted by Crippen LogP contribution is 2.30. The molecule has 0 aliphatic heterocycles. The number of aromatic nitrogens is 1. The summed E-state index contributed by atoms with van der Waals surface area (Å²) in [6.45, 7) is 0. The molecule has 0 radical (unpaired) electrons. The third-order valence-electron chi connectivity index (χ3n) is 3.14. The first kappa shape index (κ1) is 12.6. The Hall–Kier alpha value is -2.39. The van der Waals surface area contributed by atoms with Crippen molar-refractivity contribution < 1.29 is 9.90 Å². The van der Waals surface area contributed by atoms with Gasteiger partial charge in [-0.1, -0.05) is 29.8 Å². The number of carboxylic acids is 1. The van der Waals surface area contributed by atoms with Crippen molar-refractivity contribution in [1.82, 2.24) is 4.98 Å². The molecule has 98 valence electrons. The van der Waals surface area contributed by atoms with Crippen molar-refractivity contribution in [2.45, 2.75) is 0 Å². The van der Waals surface area contributed by atoms with Crippen LogP contribution in [0.2, 0.25) is 5.02 Å². The Kier molecular flexibility index (Phi) is 3.12. The predicted molar refractivity (Wildman–Crippen MR) is 79.1 cm³/mol. The van der Waals surface area contributed by atoms with E-state index in [1.54, 1.807) is 24.5 Å². The maximum atomic E-state index is 11.1. The second kappa shape index (κ2) is 4.94. The van der Waals surface area contributed by atoms with E-state index in [1.165, 1.54) is 6.07 Å². The molecular formula is C16H10ClNO2. The molecule has 4 heteroatoms. The Morgan fingerprint density at radius 1 is 1.15 bits per heavy atom. The van der Waals surface area contributed by atoms with Crippen molar-refractivity contribution in [2.24, 2.45) is 0 Å². The predicted octanol–water partition coefficient (Wildman–Crippen LogP) is 4.25. The Morgan fingerprint density at radius 2 is 2.00 bits per heavy atom. The van der Waals surface area contributed by atoms with Gasteiger partial charge in [0.15, 0.2) is 0 Å². The highest BCUT2D eigenvalue weighted by molar-refractivity contribution is 6.31. The summed E-state index contributed by atoms with van der Waals surface area (Å²) in [6, 6.07) is 12.6. The van der Waals surface area contributed by atoms with Crippen LogP contribution in [-0.2, 0) is 0 Å². The zero-order valence-corrected chi connectivity index (χ0v) is 11.1. The van der Waals surface area contributed by atoms with Gasteiger partial charge in [-0.15, -0.1) is 0 Å². The smallest absolute Gasteiger partial charge is 0.335 e. The maximum absolute atomic E-state index is 11.1. The number of nitrogens with zero attached hydrogens (tertiary/aromatic N) is 1. The molecule has 0 bridgehead atoms. The largest absolute Gasteiger partial charge is 0.478 e. The molecule has 3 aromatic rings. The lowest BCUT2D eigenvalue weighted by molar-refractivity contribution is 0.0697. The van der Waals surface area contributed by atoms with Crippen LogP contribution in [0.4, 0.5) is 0 Å². The van der Waals surface area contributed by atoms with Crippen LogP contribution in [0.5, 0.6) is 0 Å². The Morgan fingerprint density at radius 3 is 2.80 bits per heavy atom. The fourth-order valence-electron chi connectivity index (χ4n) is 2.23. The minimum absolute atomic E-state index is 0.174. The first-order valence-corrected chi connectivity index (χ1v) is 6.40. The Bertz CT molecular complexity index is 809. The van der Waals surface area contributed by atoms with E-state index in [-0.39, 0.29) is 5.56 Å². The molecule has 1 aromatic heterocycles. The molecule has 1 N–H and O–H groups in total. The van der Waals surface area contributed by atoms with Crippen molar-refractivity contribution in [1.29, 1.82) is 0 Å². The van der Waals surface area contributed by atoms with Crippen LogP contribution < -0.4 is 0 Å². The van der Waals surface area contributed by atoms with E-state index < -0.39 is 5.97 Å². The van der Waals surface area contributed by atoms with Gasteiger partial charge < -0.3 is 5.11 Å². The molecule has 3 nitrogen and oxygen atoms in total. The topological polar surface area (TPSA) is 50.2 Å². The monoisotopic (exact) mass is 283 g/mol. The van der Waals surface area contributed by atoms with Crippen LogP contribution in [0.1, 0.15) is 10.4 Å². The van der Waals surface area contributed by atoms with Crippen LogP contribution in [-0.4, -0.2) is 16.1 Å². The van der Waals surface area contributed by atoms with E-state index in [9.17, 15) is 4.79 Å².